The Kier molecular flexibility index (Phi) is 7.84. The van der Waals surface area contributed by atoms with E-state index in [0.29, 0.717) is 0 Å². The molecule has 0 atom stereocenters. The number of ether oxygens (including phenoxy) is 1. The fourth-order valence-corrected chi connectivity index (χ4v) is 9.23. The molecule has 0 spiro atoms. The molecule has 0 saturated carbocycles. The number of anilines is 6. The second-order valence-corrected chi connectivity index (χ2v) is 15.8. The van der Waals surface area contributed by atoms with Crippen LogP contribution in [0.3, 0.4) is 0 Å². The predicted octanol–water partition coefficient (Wildman–Crippen LogP) is 15.5. The molecule has 0 bridgehead atoms. The molecule has 1 heterocycles. The van der Waals surface area contributed by atoms with E-state index in [1.807, 2.05) is 0 Å². The number of rotatable bonds is 7. The highest BCUT2D eigenvalue weighted by Gasteiger charge is 2.36. The van der Waals surface area contributed by atoms with Gasteiger partial charge in [-0.25, -0.2) is 0 Å². The second kappa shape index (κ2) is 13.4. The minimum atomic E-state index is -0.137. The monoisotopic (exact) mass is 744 g/mol. The first-order chi connectivity index (χ1) is 28.5. The van der Waals surface area contributed by atoms with Gasteiger partial charge >= 0.3 is 0 Å². The van der Waals surface area contributed by atoms with Gasteiger partial charge in [0, 0.05) is 45.2 Å². The maximum atomic E-state index is 7.23. The number of fused-ring (bicyclic) bond motifs is 5. The average molecular weight is 745 g/mol. The molecular formula is C55H40N2O. The fraction of sp³-hybridized carbons (Fsp3) is 0.0545. The highest BCUT2D eigenvalue weighted by molar-refractivity contribution is 6.08. The van der Waals surface area contributed by atoms with Crippen molar-refractivity contribution in [3.63, 3.8) is 0 Å². The van der Waals surface area contributed by atoms with E-state index >= 15 is 0 Å². The van der Waals surface area contributed by atoms with Gasteiger partial charge in [0.05, 0.1) is 11.4 Å². The van der Waals surface area contributed by atoms with Crippen molar-refractivity contribution in [2.75, 3.05) is 9.80 Å². The summed E-state index contributed by atoms with van der Waals surface area (Å²) in [5.74, 6) is 1.67. The van der Waals surface area contributed by atoms with Gasteiger partial charge in [-0.1, -0.05) is 153 Å². The van der Waals surface area contributed by atoms with E-state index < -0.39 is 0 Å². The molecule has 0 radical (unpaired) electrons. The summed E-state index contributed by atoms with van der Waals surface area (Å²) < 4.78 is 7.23. The maximum Gasteiger partial charge on any atom is 0.159 e. The van der Waals surface area contributed by atoms with E-state index in [1.165, 1.54) is 38.9 Å². The summed E-state index contributed by atoms with van der Waals surface area (Å²) in [6.07, 6.45) is 0. The van der Waals surface area contributed by atoms with Gasteiger partial charge in [-0.3, -0.25) is 0 Å². The van der Waals surface area contributed by atoms with Crippen LogP contribution in [-0.4, -0.2) is 0 Å². The molecule has 1 aliphatic carbocycles. The van der Waals surface area contributed by atoms with Crippen molar-refractivity contribution >= 4 is 44.9 Å². The molecular weight excluding hydrogens is 705 g/mol. The van der Waals surface area contributed by atoms with Crippen LogP contribution in [0.1, 0.15) is 25.0 Å². The van der Waals surface area contributed by atoms with Crippen molar-refractivity contribution in [2.24, 2.45) is 0 Å². The lowest BCUT2D eigenvalue weighted by molar-refractivity contribution is 0.488. The van der Waals surface area contributed by atoms with Crippen LogP contribution in [0.15, 0.2) is 206 Å². The normalized spacial score (nSPS) is 12.9. The van der Waals surface area contributed by atoms with Crippen molar-refractivity contribution < 1.29 is 4.74 Å². The van der Waals surface area contributed by atoms with E-state index in [9.17, 15) is 0 Å². The first-order valence-corrected chi connectivity index (χ1v) is 20.0. The number of hydrogen-bond acceptors (Lipinski definition) is 3. The van der Waals surface area contributed by atoms with Crippen LogP contribution in [0.2, 0.25) is 0 Å². The van der Waals surface area contributed by atoms with Crippen LogP contribution in [0, 0.1) is 0 Å². The molecule has 9 aromatic carbocycles. The molecule has 3 nitrogen and oxygen atoms in total. The molecule has 0 unspecified atom stereocenters. The molecule has 0 fully saturated rings. The molecule has 1 aliphatic heterocycles. The fourth-order valence-electron chi connectivity index (χ4n) is 9.23. The van der Waals surface area contributed by atoms with Gasteiger partial charge in [-0.15, -0.1) is 0 Å². The van der Waals surface area contributed by atoms with Crippen LogP contribution < -0.4 is 14.5 Å². The number of hydrogen-bond donors (Lipinski definition) is 0. The van der Waals surface area contributed by atoms with Gasteiger partial charge < -0.3 is 14.5 Å². The molecule has 9 aromatic rings. The Balaban J connectivity index is 1.09. The van der Waals surface area contributed by atoms with Crippen molar-refractivity contribution in [3.8, 4) is 44.9 Å². The Morgan fingerprint density at radius 2 is 0.948 bits per heavy atom. The number of benzene rings is 9. The largest absolute Gasteiger partial charge is 0.454 e. The van der Waals surface area contributed by atoms with Crippen LogP contribution >= 0.6 is 0 Å². The number of para-hydroxylation sites is 3. The third-order valence-corrected chi connectivity index (χ3v) is 12.0. The van der Waals surface area contributed by atoms with Crippen LogP contribution in [0.5, 0.6) is 11.5 Å². The van der Waals surface area contributed by atoms with Crippen LogP contribution in [-0.2, 0) is 5.41 Å². The van der Waals surface area contributed by atoms with Crippen LogP contribution in [0.25, 0.3) is 44.2 Å². The zero-order valence-corrected chi connectivity index (χ0v) is 32.4. The van der Waals surface area contributed by atoms with Crippen molar-refractivity contribution in [2.45, 2.75) is 19.3 Å². The molecule has 0 aromatic heterocycles. The predicted molar refractivity (Wildman–Crippen MR) is 242 cm³/mol. The van der Waals surface area contributed by atoms with Gasteiger partial charge in [0.25, 0.3) is 0 Å². The first kappa shape index (κ1) is 33.9. The third kappa shape index (κ3) is 5.43. The lowest BCUT2D eigenvalue weighted by atomic mass is 9.82. The topological polar surface area (TPSA) is 15.7 Å². The van der Waals surface area contributed by atoms with E-state index in [-0.39, 0.29) is 5.41 Å². The molecule has 0 saturated heterocycles. The Morgan fingerprint density at radius 1 is 0.379 bits per heavy atom. The quantitative estimate of drug-likeness (QED) is 0.162. The minimum Gasteiger partial charge on any atom is -0.454 e. The highest BCUT2D eigenvalue weighted by atomic mass is 16.5. The van der Waals surface area contributed by atoms with E-state index in [0.717, 1.165) is 62.0 Å². The molecule has 58 heavy (non-hydrogen) atoms. The smallest absolute Gasteiger partial charge is 0.159 e. The molecule has 2 aliphatic rings. The zero-order chi connectivity index (χ0) is 38.8. The van der Waals surface area contributed by atoms with E-state index in [1.54, 1.807) is 0 Å². The molecule has 276 valence electrons. The van der Waals surface area contributed by atoms with Crippen LogP contribution in [0.4, 0.5) is 34.1 Å². The number of nitrogens with zero attached hydrogens (tertiary/aromatic N) is 2. The molecule has 11 rings (SSSR count). The van der Waals surface area contributed by atoms with Crippen molar-refractivity contribution in [3.05, 3.63) is 217 Å². The zero-order valence-electron chi connectivity index (χ0n) is 32.4. The summed E-state index contributed by atoms with van der Waals surface area (Å²) in [4.78, 5) is 4.68. The van der Waals surface area contributed by atoms with Gasteiger partial charge in [0.15, 0.2) is 5.75 Å². The maximum absolute atomic E-state index is 7.23. The van der Waals surface area contributed by atoms with E-state index in [2.05, 4.69) is 230 Å². The Morgan fingerprint density at radius 3 is 1.69 bits per heavy atom. The first-order valence-electron chi connectivity index (χ1n) is 20.0. The standard InChI is InChI=1S/C55H40N2O/c1-55(2)49-26-13-12-23-45(49)46-33-32-43(35-50(46)55)56(42-30-28-38(29-31-42)37-16-6-3-7-17-37)44-34-39-18-14-24-47-48-25-15-27-51(54(48)58-52(36-44)53(39)47)57(40-19-8-4-9-20-40)41-21-10-5-11-22-41/h3-36H,1-2H3. The SMILES string of the molecule is CC1(C)c2ccccc2-c2ccc(N(c3ccc(-c4ccccc4)cc3)c3cc4c5c(cccc5c3)-c3cccc(N(c5ccccc5)c5ccccc5)c3O4)cc21. The summed E-state index contributed by atoms with van der Waals surface area (Å²) in [5.41, 5.74) is 16.1. The lowest BCUT2D eigenvalue weighted by Gasteiger charge is -2.32. The summed E-state index contributed by atoms with van der Waals surface area (Å²) in [6.45, 7) is 4.69. The Labute approximate surface area is 339 Å². The summed E-state index contributed by atoms with van der Waals surface area (Å²) in [7, 11) is 0. The van der Waals surface area contributed by atoms with E-state index in [4.69, 9.17) is 4.74 Å². The summed E-state index contributed by atoms with van der Waals surface area (Å²) in [6, 6.07) is 74.1. The minimum absolute atomic E-state index is 0.137. The lowest BCUT2D eigenvalue weighted by Crippen LogP contribution is -2.16. The van der Waals surface area contributed by atoms with Gasteiger partial charge in [0.2, 0.25) is 0 Å². The average Bonchev–Trinajstić information content (AvgIpc) is 3.51. The van der Waals surface area contributed by atoms with Crippen molar-refractivity contribution in [1.82, 2.24) is 0 Å². The highest BCUT2D eigenvalue weighted by Crippen LogP contribution is 2.55. The van der Waals surface area contributed by atoms with Crippen molar-refractivity contribution in [1.29, 1.82) is 0 Å². The molecule has 0 amide bonds. The second-order valence-electron chi connectivity index (χ2n) is 15.8. The summed E-state index contributed by atoms with van der Waals surface area (Å²) >= 11 is 0. The Hall–Kier alpha value is -7.36. The third-order valence-electron chi connectivity index (χ3n) is 12.0. The van der Waals surface area contributed by atoms with Gasteiger partial charge in [0.1, 0.15) is 5.75 Å². The Bertz CT molecular complexity index is 2950. The summed E-state index contributed by atoms with van der Waals surface area (Å²) in [5, 5.41) is 2.25. The van der Waals surface area contributed by atoms with Gasteiger partial charge in [-0.05, 0) is 105 Å². The van der Waals surface area contributed by atoms with Gasteiger partial charge in [-0.2, -0.15) is 0 Å². The molecule has 0 N–H and O–H groups in total. The molecule has 3 heteroatoms.